The quantitative estimate of drug-likeness (QED) is 0.798. The van der Waals surface area contributed by atoms with Gasteiger partial charge in [-0.15, -0.1) is 0 Å². The molecule has 1 saturated carbocycles. The summed E-state index contributed by atoms with van der Waals surface area (Å²) in [6.07, 6.45) is 7.17. The number of hydrogen-bond donors (Lipinski definition) is 0. The lowest BCUT2D eigenvalue weighted by atomic mass is 9.96. The summed E-state index contributed by atoms with van der Waals surface area (Å²) in [5.41, 5.74) is 3.63. The van der Waals surface area contributed by atoms with E-state index in [2.05, 4.69) is 29.2 Å². The van der Waals surface area contributed by atoms with Crippen molar-refractivity contribution in [1.29, 1.82) is 0 Å². The third-order valence-corrected chi connectivity index (χ3v) is 6.57. The summed E-state index contributed by atoms with van der Waals surface area (Å²) in [6.45, 7) is 2.78. The summed E-state index contributed by atoms with van der Waals surface area (Å²) in [6, 6.07) is 17.0. The monoisotopic (exact) mass is 376 g/mol. The highest BCUT2D eigenvalue weighted by atomic mass is 16.5. The number of carbonyl (C=O) groups excluding carboxylic acids is 1. The maximum atomic E-state index is 12.9. The van der Waals surface area contributed by atoms with Gasteiger partial charge in [0.25, 0.3) is 5.91 Å². The van der Waals surface area contributed by atoms with E-state index in [0.717, 1.165) is 63.1 Å². The van der Waals surface area contributed by atoms with Crippen molar-refractivity contribution >= 4 is 11.6 Å². The number of benzene rings is 2. The fraction of sp³-hybridized carbons (Fsp3) is 0.458. The Labute approximate surface area is 167 Å². The smallest absolute Gasteiger partial charge is 0.253 e. The molecule has 2 fully saturated rings. The second kappa shape index (κ2) is 7.50. The topological polar surface area (TPSA) is 32.8 Å². The van der Waals surface area contributed by atoms with Crippen LogP contribution in [0.4, 0.5) is 5.69 Å². The number of likely N-dealkylation sites (tertiary alicyclic amines) is 1. The van der Waals surface area contributed by atoms with Gasteiger partial charge in [-0.25, -0.2) is 0 Å². The number of rotatable bonds is 4. The first-order valence-electron chi connectivity index (χ1n) is 10.7. The van der Waals surface area contributed by atoms with E-state index in [1.165, 1.54) is 17.7 Å². The van der Waals surface area contributed by atoms with Crippen molar-refractivity contribution in [2.45, 2.75) is 50.7 Å². The van der Waals surface area contributed by atoms with Crippen LogP contribution in [0.25, 0.3) is 0 Å². The largest absolute Gasteiger partial charge is 0.490 e. The second-order valence-corrected chi connectivity index (χ2v) is 8.29. The minimum absolute atomic E-state index is 0.149. The first-order valence-corrected chi connectivity index (χ1v) is 10.7. The molecule has 0 radical (unpaired) electrons. The molecule has 5 rings (SSSR count). The molecule has 4 nitrogen and oxygen atoms in total. The van der Waals surface area contributed by atoms with E-state index < -0.39 is 0 Å². The zero-order valence-electron chi connectivity index (χ0n) is 16.3. The van der Waals surface area contributed by atoms with Crippen LogP contribution in [-0.2, 0) is 6.42 Å². The molecule has 0 unspecified atom stereocenters. The highest BCUT2D eigenvalue weighted by Gasteiger charge is 2.30. The molecule has 2 aliphatic heterocycles. The van der Waals surface area contributed by atoms with Crippen molar-refractivity contribution in [1.82, 2.24) is 4.90 Å². The maximum Gasteiger partial charge on any atom is 0.253 e. The van der Waals surface area contributed by atoms with Crippen LogP contribution in [0, 0.1) is 0 Å². The summed E-state index contributed by atoms with van der Waals surface area (Å²) in [5, 5.41) is 0. The summed E-state index contributed by atoms with van der Waals surface area (Å²) < 4.78 is 5.90. The first kappa shape index (κ1) is 17.6. The number of ether oxygens (including phenoxy) is 1. The molecule has 1 aliphatic carbocycles. The second-order valence-electron chi connectivity index (χ2n) is 8.29. The van der Waals surface area contributed by atoms with Gasteiger partial charge < -0.3 is 14.5 Å². The van der Waals surface area contributed by atoms with Crippen LogP contribution in [0.1, 0.15) is 48.0 Å². The van der Waals surface area contributed by atoms with Gasteiger partial charge in [0.2, 0.25) is 0 Å². The van der Waals surface area contributed by atoms with Crippen molar-refractivity contribution in [3.8, 4) is 5.75 Å². The van der Waals surface area contributed by atoms with Gasteiger partial charge in [0.15, 0.2) is 0 Å². The molecule has 28 heavy (non-hydrogen) atoms. The van der Waals surface area contributed by atoms with Crippen LogP contribution in [-0.4, -0.2) is 42.6 Å². The molecule has 0 bridgehead atoms. The lowest BCUT2D eigenvalue weighted by Gasteiger charge is -2.38. The van der Waals surface area contributed by atoms with E-state index in [4.69, 9.17) is 4.74 Å². The van der Waals surface area contributed by atoms with Crippen LogP contribution >= 0.6 is 0 Å². The van der Waals surface area contributed by atoms with Gasteiger partial charge in [0.1, 0.15) is 5.75 Å². The van der Waals surface area contributed by atoms with E-state index >= 15 is 0 Å². The predicted octanol–water partition coefficient (Wildman–Crippen LogP) is 4.29. The highest BCUT2D eigenvalue weighted by molar-refractivity contribution is 5.94. The van der Waals surface area contributed by atoms with Gasteiger partial charge in [0.05, 0.1) is 6.10 Å². The summed E-state index contributed by atoms with van der Waals surface area (Å²) in [5.74, 6) is 1.03. The zero-order valence-corrected chi connectivity index (χ0v) is 16.3. The van der Waals surface area contributed by atoms with Gasteiger partial charge in [0, 0.05) is 36.9 Å². The van der Waals surface area contributed by atoms with E-state index in [-0.39, 0.29) is 5.91 Å². The van der Waals surface area contributed by atoms with Gasteiger partial charge in [-0.05, 0) is 74.4 Å². The minimum Gasteiger partial charge on any atom is -0.490 e. The van der Waals surface area contributed by atoms with Crippen LogP contribution < -0.4 is 9.64 Å². The van der Waals surface area contributed by atoms with Crippen molar-refractivity contribution in [3.63, 3.8) is 0 Å². The molecule has 1 amide bonds. The summed E-state index contributed by atoms with van der Waals surface area (Å²) >= 11 is 0. The molecule has 2 heterocycles. The van der Waals surface area contributed by atoms with Crippen molar-refractivity contribution in [2.75, 3.05) is 24.5 Å². The number of carbonyl (C=O) groups is 1. The van der Waals surface area contributed by atoms with Gasteiger partial charge in [-0.1, -0.05) is 18.2 Å². The van der Waals surface area contributed by atoms with E-state index in [1.807, 2.05) is 29.2 Å². The number of nitrogens with zero attached hydrogens (tertiary/aromatic N) is 2. The minimum atomic E-state index is 0.149. The molecule has 0 aromatic heterocycles. The molecular weight excluding hydrogens is 348 g/mol. The van der Waals surface area contributed by atoms with E-state index in [0.29, 0.717) is 12.1 Å². The Morgan fingerprint density at radius 1 is 0.893 bits per heavy atom. The van der Waals surface area contributed by atoms with Gasteiger partial charge >= 0.3 is 0 Å². The molecule has 1 saturated heterocycles. The Morgan fingerprint density at radius 2 is 1.64 bits per heavy atom. The Bertz CT molecular complexity index is 836. The number of para-hydroxylation sites is 1. The fourth-order valence-corrected chi connectivity index (χ4v) is 4.66. The average molecular weight is 377 g/mol. The molecule has 2 aromatic carbocycles. The number of anilines is 1. The SMILES string of the molecule is O=C(c1ccc(OC2CCC2)cc1)N1CCC(N2CCc3ccccc32)CC1. The summed E-state index contributed by atoms with van der Waals surface area (Å²) in [4.78, 5) is 17.5. The van der Waals surface area contributed by atoms with Crippen molar-refractivity contribution in [2.24, 2.45) is 0 Å². The molecule has 0 N–H and O–H groups in total. The van der Waals surface area contributed by atoms with Crippen molar-refractivity contribution in [3.05, 3.63) is 59.7 Å². The van der Waals surface area contributed by atoms with Gasteiger partial charge in [-0.2, -0.15) is 0 Å². The number of amides is 1. The normalized spacial score (nSPS) is 20.0. The van der Waals surface area contributed by atoms with Crippen LogP contribution in [0.15, 0.2) is 48.5 Å². The molecule has 0 spiro atoms. The Morgan fingerprint density at radius 3 is 2.36 bits per heavy atom. The molecule has 0 atom stereocenters. The van der Waals surface area contributed by atoms with Crippen LogP contribution in [0.2, 0.25) is 0 Å². The van der Waals surface area contributed by atoms with Crippen molar-refractivity contribution < 1.29 is 9.53 Å². The Balaban J connectivity index is 1.18. The fourth-order valence-electron chi connectivity index (χ4n) is 4.66. The maximum absolute atomic E-state index is 12.9. The third kappa shape index (κ3) is 3.36. The van der Waals surface area contributed by atoms with Crippen LogP contribution in [0.5, 0.6) is 5.75 Å². The van der Waals surface area contributed by atoms with Crippen LogP contribution in [0.3, 0.4) is 0 Å². The first-order chi connectivity index (χ1) is 13.8. The molecule has 146 valence electrons. The number of fused-ring (bicyclic) bond motifs is 1. The van der Waals surface area contributed by atoms with E-state index in [1.54, 1.807) is 0 Å². The number of hydrogen-bond acceptors (Lipinski definition) is 3. The summed E-state index contributed by atoms with van der Waals surface area (Å²) in [7, 11) is 0. The average Bonchev–Trinajstić information content (AvgIpc) is 3.15. The Hall–Kier alpha value is -2.49. The Kier molecular flexibility index (Phi) is 4.71. The molecule has 3 aliphatic rings. The lowest BCUT2D eigenvalue weighted by molar-refractivity contribution is 0.0712. The standard InChI is InChI=1S/C24H28N2O2/c27-24(19-8-10-22(11-9-19)28-21-5-3-6-21)25-15-13-20(14-16-25)26-17-12-18-4-1-2-7-23(18)26/h1-2,4,7-11,20-21H,3,5-6,12-17H2. The van der Waals surface area contributed by atoms with E-state index in [9.17, 15) is 4.79 Å². The lowest BCUT2D eigenvalue weighted by Crippen LogP contribution is -2.46. The molecular formula is C24H28N2O2. The molecule has 2 aromatic rings. The third-order valence-electron chi connectivity index (χ3n) is 6.57. The molecule has 4 heteroatoms. The number of piperidine rings is 1. The van der Waals surface area contributed by atoms with Gasteiger partial charge in [-0.3, -0.25) is 4.79 Å². The highest BCUT2D eigenvalue weighted by Crippen LogP contribution is 2.32. The zero-order chi connectivity index (χ0) is 18.9. The predicted molar refractivity (Wildman–Crippen MR) is 111 cm³/mol.